The lowest BCUT2D eigenvalue weighted by atomic mass is 9.98. The van der Waals surface area contributed by atoms with Gasteiger partial charge in [-0.2, -0.15) is 5.26 Å². The predicted octanol–water partition coefficient (Wildman–Crippen LogP) is 1.34. The molecular weight excluding hydrogens is 434 g/mol. The van der Waals surface area contributed by atoms with E-state index in [1.54, 1.807) is 6.07 Å². The molecule has 1 aromatic heterocycles. The van der Waals surface area contributed by atoms with E-state index in [9.17, 15) is 32.0 Å². The number of sulfonamides is 1. The van der Waals surface area contributed by atoms with Crippen LogP contribution in [0.3, 0.4) is 0 Å². The summed E-state index contributed by atoms with van der Waals surface area (Å²) in [7, 11) is -4.01. The average molecular weight is 450 g/mol. The summed E-state index contributed by atoms with van der Waals surface area (Å²) >= 11 is 0. The van der Waals surface area contributed by atoms with Crippen LogP contribution < -0.4 is 9.62 Å². The third-order valence-electron chi connectivity index (χ3n) is 4.64. The molecule has 2 heterocycles. The molecule has 1 fully saturated rings. The minimum atomic E-state index is -4.01. The lowest BCUT2D eigenvalue weighted by molar-refractivity contribution is -0.123. The number of aromatic carboxylic acids is 1. The summed E-state index contributed by atoms with van der Waals surface area (Å²) in [4.78, 5) is 28.8. The van der Waals surface area contributed by atoms with Crippen molar-refractivity contribution in [2.24, 2.45) is 5.92 Å². The third kappa shape index (κ3) is 4.95. The SMILES string of the molecule is N#Cc1cc(C(=O)O)c(CF)nc1N1CC(C(=O)NS(=O)(=O)Cc2ccc(F)cc2)C1. The van der Waals surface area contributed by atoms with Crippen LogP contribution in [0, 0.1) is 23.1 Å². The van der Waals surface area contributed by atoms with Crippen molar-refractivity contribution >= 4 is 27.7 Å². The van der Waals surface area contributed by atoms with Gasteiger partial charge in [0.2, 0.25) is 15.9 Å². The molecule has 0 spiro atoms. The molecule has 0 bridgehead atoms. The van der Waals surface area contributed by atoms with Gasteiger partial charge in [0.1, 0.15) is 24.4 Å². The fourth-order valence-electron chi connectivity index (χ4n) is 3.04. The maximum absolute atomic E-state index is 13.2. The van der Waals surface area contributed by atoms with Crippen molar-refractivity contribution in [3.8, 4) is 6.07 Å². The number of nitrogens with zero attached hydrogens (tertiary/aromatic N) is 3. The van der Waals surface area contributed by atoms with E-state index in [1.807, 2.05) is 4.72 Å². The number of alkyl halides is 1. The number of hydrogen-bond donors (Lipinski definition) is 2. The van der Waals surface area contributed by atoms with Gasteiger partial charge in [-0.1, -0.05) is 12.1 Å². The minimum absolute atomic E-state index is 0.0116. The van der Waals surface area contributed by atoms with Crippen LogP contribution in [0.1, 0.15) is 27.2 Å². The molecule has 0 unspecified atom stereocenters. The number of benzene rings is 1. The molecule has 0 atom stereocenters. The van der Waals surface area contributed by atoms with Crippen LogP contribution in [-0.2, 0) is 27.2 Å². The Labute approximate surface area is 176 Å². The van der Waals surface area contributed by atoms with Crippen molar-refractivity contribution in [1.29, 1.82) is 5.26 Å². The number of nitriles is 1. The number of pyridine rings is 1. The van der Waals surface area contributed by atoms with Crippen molar-refractivity contribution in [1.82, 2.24) is 9.71 Å². The van der Waals surface area contributed by atoms with Gasteiger partial charge in [0.15, 0.2) is 0 Å². The number of carbonyl (C=O) groups excluding carboxylic acids is 1. The Balaban J connectivity index is 1.67. The van der Waals surface area contributed by atoms with Crippen LogP contribution in [0.25, 0.3) is 0 Å². The molecule has 1 aliphatic rings. The Bertz CT molecular complexity index is 1170. The molecule has 0 saturated carbocycles. The number of carbonyl (C=O) groups is 2. The molecule has 1 saturated heterocycles. The van der Waals surface area contributed by atoms with Gasteiger partial charge in [-0.05, 0) is 23.8 Å². The normalized spacial score (nSPS) is 13.9. The largest absolute Gasteiger partial charge is 0.478 e. The highest BCUT2D eigenvalue weighted by atomic mass is 32.2. The summed E-state index contributed by atoms with van der Waals surface area (Å²) < 4.78 is 52.4. The van der Waals surface area contributed by atoms with E-state index in [1.165, 1.54) is 17.0 Å². The monoisotopic (exact) mass is 450 g/mol. The number of aromatic nitrogens is 1. The number of amides is 1. The summed E-state index contributed by atoms with van der Waals surface area (Å²) in [5.41, 5.74) is -0.574. The smallest absolute Gasteiger partial charge is 0.337 e. The highest BCUT2D eigenvalue weighted by Gasteiger charge is 2.37. The molecule has 1 amide bonds. The molecular formula is C19H16F2N4O5S. The second-order valence-electron chi connectivity index (χ2n) is 6.86. The van der Waals surface area contributed by atoms with E-state index in [-0.39, 0.29) is 30.2 Å². The van der Waals surface area contributed by atoms with Crippen LogP contribution in [0.5, 0.6) is 0 Å². The number of nitrogens with one attached hydrogen (secondary N) is 1. The van der Waals surface area contributed by atoms with E-state index in [0.29, 0.717) is 5.56 Å². The fraction of sp³-hybridized carbons (Fsp3) is 0.263. The van der Waals surface area contributed by atoms with Gasteiger partial charge in [0.25, 0.3) is 0 Å². The first-order valence-electron chi connectivity index (χ1n) is 8.90. The van der Waals surface area contributed by atoms with Crippen molar-refractivity contribution < 1.29 is 31.9 Å². The van der Waals surface area contributed by atoms with Crippen LogP contribution in [-0.4, -0.2) is 43.5 Å². The molecule has 0 radical (unpaired) electrons. The standard InChI is InChI=1S/C19H16F2N4O5S/c20-6-16-15(19(27)28)5-12(7-22)17(23-16)25-8-13(9-25)18(26)24-31(29,30)10-11-1-3-14(21)4-2-11/h1-5,13H,6,8-10H2,(H,24,26)(H,27,28). The van der Waals surface area contributed by atoms with E-state index in [0.717, 1.165) is 18.2 Å². The Kier molecular flexibility index (Phi) is 6.16. The molecule has 162 valence electrons. The van der Waals surface area contributed by atoms with Crippen molar-refractivity contribution in [3.05, 3.63) is 58.5 Å². The van der Waals surface area contributed by atoms with Gasteiger partial charge < -0.3 is 10.0 Å². The van der Waals surface area contributed by atoms with Crippen LogP contribution in [0.15, 0.2) is 30.3 Å². The van der Waals surface area contributed by atoms with Crippen molar-refractivity contribution in [2.45, 2.75) is 12.4 Å². The van der Waals surface area contributed by atoms with Gasteiger partial charge in [-0.3, -0.25) is 9.52 Å². The zero-order valence-corrected chi connectivity index (χ0v) is 16.7. The van der Waals surface area contributed by atoms with Gasteiger partial charge in [-0.15, -0.1) is 0 Å². The Morgan fingerprint density at radius 1 is 1.29 bits per heavy atom. The first kappa shape index (κ1) is 22.1. The molecule has 31 heavy (non-hydrogen) atoms. The number of carboxylic acid groups (broad SMARTS) is 1. The molecule has 1 aliphatic heterocycles. The highest BCUT2D eigenvalue weighted by molar-refractivity contribution is 7.89. The second-order valence-corrected chi connectivity index (χ2v) is 8.58. The molecule has 9 nitrogen and oxygen atoms in total. The maximum Gasteiger partial charge on any atom is 0.337 e. The molecule has 2 N–H and O–H groups in total. The number of rotatable bonds is 7. The average Bonchev–Trinajstić information content (AvgIpc) is 2.67. The van der Waals surface area contributed by atoms with Crippen LogP contribution in [0.4, 0.5) is 14.6 Å². The summed E-state index contributed by atoms with van der Waals surface area (Å²) in [6.07, 6.45) is 0. The van der Waals surface area contributed by atoms with E-state index in [2.05, 4.69) is 4.98 Å². The van der Waals surface area contributed by atoms with E-state index in [4.69, 9.17) is 5.11 Å². The van der Waals surface area contributed by atoms with Crippen LogP contribution in [0.2, 0.25) is 0 Å². The number of anilines is 1. The fourth-order valence-corrected chi connectivity index (χ4v) is 4.22. The topological polar surface area (TPSA) is 140 Å². The van der Waals surface area contributed by atoms with Gasteiger partial charge >= 0.3 is 5.97 Å². The molecule has 0 aliphatic carbocycles. The van der Waals surface area contributed by atoms with Crippen molar-refractivity contribution in [2.75, 3.05) is 18.0 Å². The molecule has 1 aromatic carbocycles. The van der Waals surface area contributed by atoms with E-state index >= 15 is 0 Å². The molecule has 12 heteroatoms. The Morgan fingerprint density at radius 2 is 1.94 bits per heavy atom. The lowest BCUT2D eigenvalue weighted by Gasteiger charge is -2.39. The predicted molar refractivity (Wildman–Crippen MR) is 104 cm³/mol. The maximum atomic E-state index is 13.2. The number of hydrogen-bond acceptors (Lipinski definition) is 7. The van der Waals surface area contributed by atoms with Gasteiger partial charge in [0, 0.05) is 13.1 Å². The van der Waals surface area contributed by atoms with Crippen molar-refractivity contribution in [3.63, 3.8) is 0 Å². The first-order chi connectivity index (χ1) is 14.6. The lowest BCUT2D eigenvalue weighted by Crippen LogP contribution is -2.55. The van der Waals surface area contributed by atoms with E-state index < -0.39 is 51.6 Å². The quantitative estimate of drug-likeness (QED) is 0.644. The highest BCUT2D eigenvalue weighted by Crippen LogP contribution is 2.28. The summed E-state index contributed by atoms with van der Waals surface area (Å²) in [5, 5.41) is 18.4. The zero-order valence-electron chi connectivity index (χ0n) is 15.9. The summed E-state index contributed by atoms with van der Waals surface area (Å²) in [6, 6.07) is 7.61. The van der Waals surface area contributed by atoms with Gasteiger partial charge in [-0.25, -0.2) is 27.0 Å². The number of carboxylic acids is 1. The molecule has 3 rings (SSSR count). The zero-order chi connectivity index (χ0) is 22.8. The minimum Gasteiger partial charge on any atom is -0.478 e. The summed E-state index contributed by atoms with van der Waals surface area (Å²) in [5.74, 6) is -3.91. The van der Waals surface area contributed by atoms with Gasteiger partial charge in [0.05, 0.1) is 28.5 Å². The van der Waals surface area contributed by atoms with Crippen LogP contribution >= 0.6 is 0 Å². The summed E-state index contributed by atoms with van der Waals surface area (Å²) in [6.45, 7) is -1.13. The second kappa shape index (κ2) is 8.65. The third-order valence-corrected chi connectivity index (χ3v) is 5.86. The first-order valence-corrected chi connectivity index (χ1v) is 10.6. The molecule has 2 aromatic rings. The Morgan fingerprint density at radius 3 is 2.48 bits per heavy atom. The Hall–Kier alpha value is -3.59. The number of halogens is 2.